The Labute approximate surface area is 137 Å². The maximum Gasteiger partial charge on any atom is 0.329 e. The number of non-ortho nitro benzene ring substituents is 1. The Morgan fingerprint density at radius 2 is 1.75 bits per heavy atom. The summed E-state index contributed by atoms with van der Waals surface area (Å²) >= 11 is 0. The predicted octanol–water partition coefficient (Wildman–Crippen LogP) is 1.99. The van der Waals surface area contributed by atoms with Crippen LogP contribution in [-0.4, -0.2) is 23.0 Å². The second kappa shape index (κ2) is 7.63. The lowest BCUT2D eigenvalue weighted by Crippen LogP contribution is -2.32. The van der Waals surface area contributed by atoms with E-state index >= 15 is 0 Å². The molecule has 2 N–H and O–H groups in total. The Bertz CT molecular complexity index is 800. The third-order valence-corrected chi connectivity index (χ3v) is 3.10. The number of nitrogens with one attached hydrogen (secondary N) is 2. The summed E-state index contributed by atoms with van der Waals surface area (Å²) in [5, 5.41) is 16.6. The lowest BCUT2D eigenvalue weighted by atomic mass is 10.1. The third kappa shape index (κ3) is 4.47. The molecule has 0 bridgehead atoms. The van der Waals surface area contributed by atoms with E-state index in [9.17, 15) is 19.7 Å². The molecule has 0 saturated carbocycles. The lowest BCUT2D eigenvalue weighted by Gasteiger charge is -2.03. The van der Waals surface area contributed by atoms with Gasteiger partial charge in [0.05, 0.1) is 11.1 Å². The van der Waals surface area contributed by atoms with Gasteiger partial charge >= 0.3 is 11.8 Å². The summed E-state index contributed by atoms with van der Waals surface area (Å²) in [7, 11) is 0. The normalized spacial score (nSPS) is 10.4. The number of carbonyl (C=O) groups is 2. The monoisotopic (exact) mass is 326 g/mol. The smallest absolute Gasteiger partial charge is 0.318 e. The van der Waals surface area contributed by atoms with Gasteiger partial charge in [-0.2, -0.15) is 5.10 Å². The molecular weight excluding hydrogens is 312 g/mol. The average molecular weight is 326 g/mol. The Morgan fingerprint density at radius 1 is 1.08 bits per heavy atom. The first kappa shape index (κ1) is 16.8. The van der Waals surface area contributed by atoms with Crippen LogP contribution in [0.4, 0.5) is 11.4 Å². The van der Waals surface area contributed by atoms with Gasteiger partial charge in [-0.25, -0.2) is 5.43 Å². The van der Waals surface area contributed by atoms with Gasteiger partial charge in [0.25, 0.3) is 5.69 Å². The van der Waals surface area contributed by atoms with E-state index in [-0.39, 0.29) is 11.4 Å². The Kier molecular flexibility index (Phi) is 5.35. The Hall–Kier alpha value is -3.55. The fourth-order valence-electron chi connectivity index (χ4n) is 1.80. The molecule has 0 heterocycles. The number of rotatable bonds is 4. The van der Waals surface area contributed by atoms with Crippen LogP contribution in [-0.2, 0) is 9.59 Å². The Morgan fingerprint density at radius 3 is 2.38 bits per heavy atom. The molecule has 0 aliphatic heterocycles. The summed E-state index contributed by atoms with van der Waals surface area (Å²) < 4.78 is 0. The first-order valence-electron chi connectivity index (χ1n) is 6.92. The first-order chi connectivity index (χ1) is 11.5. The predicted molar refractivity (Wildman–Crippen MR) is 88.6 cm³/mol. The number of carbonyl (C=O) groups excluding carboxylic acids is 2. The summed E-state index contributed by atoms with van der Waals surface area (Å²) in [4.78, 5) is 33.3. The van der Waals surface area contributed by atoms with Crippen LogP contribution in [0.5, 0.6) is 0 Å². The molecule has 2 aromatic carbocycles. The molecule has 0 saturated heterocycles. The van der Waals surface area contributed by atoms with Gasteiger partial charge < -0.3 is 5.32 Å². The number of nitro groups is 1. The van der Waals surface area contributed by atoms with Gasteiger partial charge in [-0.05, 0) is 30.2 Å². The average Bonchev–Trinajstić information content (AvgIpc) is 2.57. The molecule has 2 aromatic rings. The van der Waals surface area contributed by atoms with Crippen molar-refractivity contribution in [1.82, 2.24) is 5.43 Å². The van der Waals surface area contributed by atoms with Crippen LogP contribution in [0.3, 0.4) is 0 Å². The minimum absolute atomic E-state index is 0.111. The molecule has 0 fully saturated rings. The fraction of sp³-hybridized carbons (Fsp3) is 0.0625. The second-order valence-electron chi connectivity index (χ2n) is 4.81. The van der Waals surface area contributed by atoms with E-state index in [1.807, 2.05) is 31.2 Å². The molecule has 0 aliphatic carbocycles. The lowest BCUT2D eigenvalue weighted by molar-refractivity contribution is -0.384. The van der Waals surface area contributed by atoms with Crippen molar-refractivity contribution >= 4 is 29.4 Å². The summed E-state index contributed by atoms with van der Waals surface area (Å²) in [5.74, 6) is -1.87. The number of aryl methyl sites for hydroxylation is 1. The molecule has 24 heavy (non-hydrogen) atoms. The summed E-state index contributed by atoms with van der Waals surface area (Å²) in [6.45, 7) is 1.89. The van der Waals surface area contributed by atoms with Crippen LogP contribution in [0.2, 0.25) is 0 Å². The van der Waals surface area contributed by atoms with Crippen molar-refractivity contribution in [1.29, 1.82) is 0 Å². The molecule has 0 radical (unpaired) electrons. The van der Waals surface area contributed by atoms with Crippen LogP contribution in [0.1, 0.15) is 11.1 Å². The maximum absolute atomic E-state index is 11.7. The number of nitrogens with zero attached hydrogens (tertiary/aromatic N) is 2. The van der Waals surface area contributed by atoms with Crippen LogP contribution in [0.25, 0.3) is 0 Å². The van der Waals surface area contributed by atoms with Crippen molar-refractivity contribution in [2.75, 3.05) is 5.32 Å². The van der Waals surface area contributed by atoms with Crippen molar-refractivity contribution in [3.05, 3.63) is 69.8 Å². The molecule has 0 unspecified atom stereocenters. The number of benzene rings is 2. The van der Waals surface area contributed by atoms with Crippen LogP contribution >= 0.6 is 0 Å². The molecule has 8 nitrogen and oxygen atoms in total. The SMILES string of the molecule is Cc1ccccc1C=NNC(=O)C(=O)Nc1ccc([N+](=O)[O-])cc1. The number of hydrogen-bond donors (Lipinski definition) is 2. The van der Waals surface area contributed by atoms with E-state index in [1.165, 1.54) is 30.5 Å². The number of anilines is 1. The highest BCUT2D eigenvalue weighted by molar-refractivity contribution is 6.39. The van der Waals surface area contributed by atoms with Crippen molar-refractivity contribution in [3.63, 3.8) is 0 Å². The van der Waals surface area contributed by atoms with E-state index in [1.54, 1.807) is 0 Å². The molecule has 2 rings (SSSR count). The minimum Gasteiger partial charge on any atom is -0.318 e. The number of hydrazone groups is 1. The van der Waals surface area contributed by atoms with Crippen molar-refractivity contribution in [2.45, 2.75) is 6.92 Å². The second-order valence-corrected chi connectivity index (χ2v) is 4.81. The van der Waals surface area contributed by atoms with Crippen molar-refractivity contribution < 1.29 is 14.5 Å². The van der Waals surface area contributed by atoms with Crippen molar-refractivity contribution in [2.24, 2.45) is 5.10 Å². The van der Waals surface area contributed by atoms with Gasteiger partial charge in [-0.15, -0.1) is 0 Å². The zero-order valence-electron chi connectivity index (χ0n) is 12.7. The van der Waals surface area contributed by atoms with Gasteiger partial charge in [0, 0.05) is 17.8 Å². The van der Waals surface area contributed by atoms with Crippen LogP contribution in [0, 0.1) is 17.0 Å². The standard InChI is InChI=1S/C16H14N4O4/c1-11-4-2-3-5-12(11)10-17-19-16(22)15(21)18-13-6-8-14(9-7-13)20(23)24/h2-10H,1H3,(H,18,21)(H,19,22). The van der Waals surface area contributed by atoms with Gasteiger partial charge in [-0.3, -0.25) is 19.7 Å². The summed E-state index contributed by atoms with van der Waals surface area (Å²) in [6.07, 6.45) is 1.44. The highest BCUT2D eigenvalue weighted by atomic mass is 16.6. The molecule has 0 atom stereocenters. The fourth-order valence-corrected chi connectivity index (χ4v) is 1.80. The number of nitro benzene ring substituents is 1. The van der Waals surface area contributed by atoms with E-state index in [4.69, 9.17) is 0 Å². The Balaban J connectivity index is 1.91. The highest BCUT2D eigenvalue weighted by Crippen LogP contribution is 2.15. The summed E-state index contributed by atoms with van der Waals surface area (Å²) in [5.41, 5.74) is 4.07. The minimum atomic E-state index is -0.946. The van der Waals surface area contributed by atoms with Gasteiger partial charge in [0.15, 0.2) is 0 Å². The molecule has 0 spiro atoms. The van der Waals surface area contributed by atoms with E-state index < -0.39 is 16.7 Å². The van der Waals surface area contributed by atoms with Gasteiger partial charge in [-0.1, -0.05) is 24.3 Å². The molecule has 122 valence electrons. The van der Waals surface area contributed by atoms with E-state index in [0.29, 0.717) is 0 Å². The first-order valence-corrected chi connectivity index (χ1v) is 6.92. The third-order valence-electron chi connectivity index (χ3n) is 3.10. The van der Waals surface area contributed by atoms with Crippen LogP contribution in [0.15, 0.2) is 53.6 Å². The largest absolute Gasteiger partial charge is 0.329 e. The molecule has 2 amide bonds. The molecule has 8 heteroatoms. The maximum atomic E-state index is 11.7. The van der Waals surface area contributed by atoms with Gasteiger partial charge in [0.2, 0.25) is 0 Å². The zero-order valence-corrected chi connectivity index (χ0v) is 12.7. The number of amides is 2. The summed E-state index contributed by atoms with van der Waals surface area (Å²) in [6, 6.07) is 12.5. The zero-order chi connectivity index (χ0) is 17.5. The van der Waals surface area contributed by atoms with E-state index in [2.05, 4.69) is 15.8 Å². The van der Waals surface area contributed by atoms with Crippen LogP contribution < -0.4 is 10.7 Å². The van der Waals surface area contributed by atoms with Gasteiger partial charge in [0.1, 0.15) is 0 Å². The molecule has 0 aliphatic rings. The molecular formula is C16H14N4O4. The molecule has 0 aromatic heterocycles. The quantitative estimate of drug-likeness (QED) is 0.387. The highest BCUT2D eigenvalue weighted by Gasteiger charge is 2.13. The van der Waals surface area contributed by atoms with E-state index in [0.717, 1.165) is 11.1 Å². The number of hydrogen-bond acceptors (Lipinski definition) is 5. The topological polar surface area (TPSA) is 114 Å². The van der Waals surface area contributed by atoms with Crippen molar-refractivity contribution in [3.8, 4) is 0 Å².